The molecule has 0 aliphatic heterocycles. The predicted molar refractivity (Wildman–Crippen MR) is 80.6 cm³/mol. The quantitative estimate of drug-likeness (QED) is 0.587. The van der Waals surface area contributed by atoms with Crippen LogP contribution in [-0.2, 0) is 9.59 Å². The van der Waals surface area contributed by atoms with E-state index < -0.39 is 23.4 Å². The number of anilines is 1. The van der Waals surface area contributed by atoms with Crippen molar-refractivity contribution in [3.63, 3.8) is 0 Å². The maximum Gasteiger partial charge on any atom is 0.313 e. The van der Waals surface area contributed by atoms with Gasteiger partial charge in [-0.15, -0.1) is 0 Å². The van der Waals surface area contributed by atoms with Crippen LogP contribution in [0.15, 0.2) is 18.2 Å². The first-order chi connectivity index (χ1) is 11.0. The molecule has 2 rings (SSSR count). The van der Waals surface area contributed by atoms with E-state index in [0.717, 1.165) is 37.8 Å². The van der Waals surface area contributed by atoms with Gasteiger partial charge in [-0.2, -0.15) is 0 Å². The molecule has 126 valence electrons. The molecule has 2 atom stereocenters. The highest BCUT2D eigenvalue weighted by Crippen LogP contribution is 2.23. The molecule has 0 radical (unpaired) electrons. The predicted octanol–water partition coefficient (Wildman–Crippen LogP) is 1.96. The summed E-state index contributed by atoms with van der Waals surface area (Å²) in [6.45, 7) is -0.0459. The standard InChI is InChI=1S/C16H20F2N2O3/c17-12-7-6-11(8-13(12)18)19-15(22)16(23)20-14-5-3-1-2-4-10(14)9-21/h6-8,10,14,21H,1-5,9H2,(H,19,22)(H,20,23). The van der Waals surface area contributed by atoms with E-state index in [1.165, 1.54) is 6.07 Å². The lowest BCUT2D eigenvalue weighted by Crippen LogP contribution is -2.45. The van der Waals surface area contributed by atoms with Crippen LogP contribution in [0.25, 0.3) is 0 Å². The summed E-state index contributed by atoms with van der Waals surface area (Å²) >= 11 is 0. The first-order valence-corrected chi connectivity index (χ1v) is 7.69. The summed E-state index contributed by atoms with van der Waals surface area (Å²) in [5, 5.41) is 14.3. The minimum Gasteiger partial charge on any atom is -0.396 e. The lowest BCUT2D eigenvalue weighted by molar-refractivity contribution is -0.137. The van der Waals surface area contributed by atoms with Crippen molar-refractivity contribution in [2.24, 2.45) is 5.92 Å². The smallest absolute Gasteiger partial charge is 0.313 e. The molecule has 0 bridgehead atoms. The van der Waals surface area contributed by atoms with E-state index in [4.69, 9.17) is 0 Å². The highest BCUT2D eigenvalue weighted by Gasteiger charge is 2.26. The fourth-order valence-corrected chi connectivity index (χ4v) is 2.79. The minimum atomic E-state index is -1.10. The van der Waals surface area contributed by atoms with Crippen LogP contribution in [0.2, 0.25) is 0 Å². The van der Waals surface area contributed by atoms with E-state index in [2.05, 4.69) is 10.6 Å². The number of aliphatic hydroxyl groups excluding tert-OH is 1. The van der Waals surface area contributed by atoms with Crippen LogP contribution in [0.1, 0.15) is 32.1 Å². The summed E-state index contributed by atoms with van der Waals surface area (Å²) in [7, 11) is 0. The van der Waals surface area contributed by atoms with Gasteiger partial charge in [0.05, 0.1) is 0 Å². The molecule has 23 heavy (non-hydrogen) atoms. The number of carbonyl (C=O) groups excluding carboxylic acids is 2. The van der Waals surface area contributed by atoms with E-state index in [1.807, 2.05) is 0 Å². The Morgan fingerprint density at radius 3 is 2.52 bits per heavy atom. The molecule has 3 N–H and O–H groups in total. The number of halogens is 2. The molecule has 0 heterocycles. The molecule has 0 saturated heterocycles. The lowest BCUT2D eigenvalue weighted by atomic mass is 9.95. The maximum absolute atomic E-state index is 13.1. The van der Waals surface area contributed by atoms with Crippen LogP contribution in [-0.4, -0.2) is 29.6 Å². The topological polar surface area (TPSA) is 78.4 Å². The zero-order valence-electron chi connectivity index (χ0n) is 12.6. The fraction of sp³-hybridized carbons (Fsp3) is 0.500. The first kappa shape index (κ1) is 17.3. The lowest BCUT2D eigenvalue weighted by Gasteiger charge is -2.24. The van der Waals surface area contributed by atoms with Crippen LogP contribution in [0, 0.1) is 17.6 Å². The third kappa shape index (κ3) is 4.72. The van der Waals surface area contributed by atoms with Crippen LogP contribution < -0.4 is 10.6 Å². The van der Waals surface area contributed by atoms with Crippen molar-refractivity contribution < 1.29 is 23.5 Å². The fourth-order valence-electron chi connectivity index (χ4n) is 2.79. The molecule has 1 fully saturated rings. The summed E-state index contributed by atoms with van der Waals surface area (Å²) in [5.41, 5.74) is 0.00336. The Morgan fingerprint density at radius 2 is 1.83 bits per heavy atom. The van der Waals surface area contributed by atoms with Crippen molar-refractivity contribution in [3.8, 4) is 0 Å². The second-order valence-electron chi connectivity index (χ2n) is 5.74. The third-order valence-electron chi connectivity index (χ3n) is 4.09. The molecule has 2 amide bonds. The van der Waals surface area contributed by atoms with Gasteiger partial charge in [-0.3, -0.25) is 9.59 Å². The average molecular weight is 326 g/mol. The second kappa shape index (κ2) is 8.01. The number of nitrogens with one attached hydrogen (secondary N) is 2. The zero-order chi connectivity index (χ0) is 16.8. The molecule has 5 nitrogen and oxygen atoms in total. The number of hydrogen-bond acceptors (Lipinski definition) is 3. The summed E-state index contributed by atoms with van der Waals surface area (Å²) in [5.74, 6) is -4.00. The Morgan fingerprint density at radius 1 is 1.09 bits per heavy atom. The van der Waals surface area contributed by atoms with Gasteiger partial charge in [0.2, 0.25) is 0 Å². The molecule has 1 aliphatic carbocycles. The largest absolute Gasteiger partial charge is 0.396 e. The van der Waals surface area contributed by atoms with Crippen LogP contribution in [0.5, 0.6) is 0 Å². The van der Waals surface area contributed by atoms with Gasteiger partial charge in [0.1, 0.15) is 0 Å². The van der Waals surface area contributed by atoms with Crippen molar-refractivity contribution in [3.05, 3.63) is 29.8 Å². The van der Waals surface area contributed by atoms with Gasteiger partial charge in [0.25, 0.3) is 0 Å². The molecule has 7 heteroatoms. The van der Waals surface area contributed by atoms with Gasteiger partial charge in [0.15, 0.2) is 11.6 Å². The minimum absolute atomic E-state index is 0.00336. The van der Waals surface area contributed by atoms with E-state index in [0.29, 0.717) is 6.42 Å². The first-order valence-electron chi connectivity index (χ1n) is 7.69. The van der Waals surface area contributed by atoms with Crippen molar-refractivity contribution >= 4 is 17.5 Å². The Balaban J connectivity index is 1.95. The average Bonchev–Trinajstić information content (AvgIpc) is 2.75. The Kier molecular flexibility index (Phi) is 6.04. The van der Waals surface area contributed by atoms with Gasteiger partial charge in [-0.25, -0.2) is 8.78 Å². The highest BCUT2D eigenvalue weighted by atomic mass is 19.2. The number of carbonyl (C=O) groups is 2. The molecular formula is C16H20F2N2O3. The molecule has 1 saturated carbocycles. The normalized spacial score (nSPS) is 21.3. The molecular weight excluding hydrogens is 306 g/mol. The second-order valence-corrected chi connectivity index (χ2v) is 5.74. The molecule has 2 unspecified atom stereocenters. The van der Waals surface area contributed by atoms with E-state index in [1.54, 1.807) is 0 Å². The third-order valence-corrected chi connectivity index (χ3v) is 4.09. The van der Waals surface area contributed by atoms with Crippen LogP contribution >= 0.6 is 0 Å². The van der Waals surface area contributed by atoms with Crippen molar-refractivity contribution in [2.75, 3.05) is 11.9 Å². The Hall–Kier alpha value is -2.02. The Labute approximate surface area is 133 Å². The van der Waals surface area contributed by atoms with E-state index in [9.17, 15) is 23.5 Å². The van der Waals surface area contributed by atoms with Gasteiger partial charge >= 0.3 is 11.8 Å². The SMILES string of the molecule is O=C(Nc1ccc(F)c(F)c1)C(=O)NC1CCCCCC1CO. The Bertz CT molecular complexity index is 580. The number of rotatable bonds is 3. The molecule has 0 spiro atoms. The summed E-state index contributed by atoms with van der Waals surface area (Å²) in [6, 6.07) is 2.59. The van der Waals surface area contributed by atoms with Crippen molar-refractivity contribution in [1.82, 2.24) is 5.32 Å². The van der Waals surface area contributed by atoms with Gasteiger partial charge in [0, 0.05) is 30.3 Å². The monoisotopic (exact) mass is 326 g/mol. The number of aliphatic hydroxyl groups is 1. The summed E-state index contributed by atoms with van der Waals surface area (Å²) in [4.78, 5) is 23.8. The van der Waals surface area contributed by atoms with Gasteiger partial charge in [-0.05, 0) is 25.0 Å². The summed E-state index contributed by atoms with van der Waals surface area (Å²) < 4.78 is 25.9. The van der Waals surface area contributed by atoms with Crippen LogP contribution in [0.3, 0.4) is 0 Å². The highest BCUT2D eigenvalue weighted by molar-refractivity contribution is 6.39. The molecule has 0 aromatic heterocycles. The van der Waals surface area contributed by atoms with Crippen molar-refractivity contribution in [1.29, 1.82) is 0 Å². The van der Waals surface area contributed by atoms with Crippen LogP contribution in [0.4, 0.5) is 14.5 Å². The van der Waals surface area contributed by atoms with Gasteiger partial charge < -0.3 is 15.7 Å². The number of amides is 2. The maximum atomic E-state index is 13.1. The van der Waals surface area contributed by atoms with E-state index in [-0.39, 0.29) is 24.3 Å². The molecule has 1 aliphatic rings. The molecule has 1 aromatic rings. The zero-order valence-corrected chi connectivity index (χ0v) is 12.6. The van der Waals surface area contributed by atoms with Gasteiger partial charge in [-0.1, -0.05) is 19.3 Å². The number of hydrogen-bond donors (Lipinski definition) is 3. The van der Waals surface area contributed by atoms with E-state index >= 15 is 0 Å². The molecule has 1 aromatic carbocycles. The van der Waals surface area contributed by atoms with Crippen molar-refractivity contribution in [2.45, 2.75) is 38.1 Å². The summed E-state index contributed by atoms with van der Waals surface area (Å²) in [6.07, 6.45) is 4.44. The number of benzene rings is 1.